The monoisotopic (exact) mass is 700 g/mol. The predicted octanol–water partition coefficient (Wildman–Crippen LogP) is 7.68. The van der Waals surface area contributed by atoms with Crippen molar-refractivity contribution in [3.8, 4) is 11.5 Å². The average Bonchev–Trinajstić information content (AvgIpc) is 3.63. The summed E-state index contributed by atoms with van der Waals surface area (Å²) in [4.78, 5) is 13.6. The summed E-state index contributed by atoms with van der Waals surface area (Å²) in [5.41, 5.74) is 5.20. The summed E-state index contributed by atoms with van der Waals surface area (Å²) in [5.74, 6) is 1.21. The number of pyridine rings is 3. The summed E-state index contributed by atoms with van der Waals surface area (Å²) >= 11 is 0. The zero-order valence-corrected chi connectivity index (χ0v) is 24.3. The summed E-state index contributed by atoms with van der Waals surface area (Å²) in [7, 11) is 0. The van der Waals surface area contributed by atoms with Crippen LogP contribution in [-0.2, 0) is 26.5 Å². The molecule has 8 rings (SSSR count). The van der Waals surface area contributed by atoms with Gasteiger partial charge in [-0.1, -0.05) is 78.7 Å². The van der Waals surface area contributed by atoms with Crippen LogP contribution < -0.4 is 4.74 Å². The first-order chi connectivity index (χ1) is 19.0. The third-order valence-corrected chi connectivity index (χ3v) is 7.55. The van der Waals surface area contributed by atoms with Gasteiger partial charge in [-0.05, 0) is 33.9 Å². The normalized spacial score (nSPS) is 12.2. The fraction of sp³-hybridized carbons (Fsp3) is 0.121. The molecule has 3 aromatic carbocycles. The first-order valence-corrected chi connectivity index (χ1v) is 12.9. The SMILES string of the molecule is CC(C)(C)c1ccc2c(c1)c1ccc(Oc3[c-]c4c(cc3)c3cnccc3n3ccnc43)[c-]c1c1nccn21.[Pt+2]. The molecule has 0 bridgehead atoms. The number of benzene rings is 3. The van der Waals surface area contributed by atoms with Crippen molar-refractivity contribution in [1.82, 2.24) is 23.8 Å². The second kappa shape index (κ2) is 8.87. The Kier molecular flexibility index (Phi) is 5.48. The van der Waals surface area contributed by atoms with Crippen molar-refractivity contribution in [2.24, 2.45) is 0 Å². The summed E-state index contributed by atoms with van der Waals surface area (Å²) in [5, 5.41) is 6.15. The Hall–Kier alpha value is -4.28. The zero-order valence-electron chi connectivity index (χ0n) is 22.0. The summed E-state index contributed by atoms with van der Waals surface area (Å²) in [6.07, 6.45) is 11.3. The molecule has 0 aliphatic heterocycles. The number of nitrogens with zero attached hydrogens (tertiary/aromatic N) is 5. The minimum absolute atomic E-state index is 0. The Morgan fingerprint density at radius 1 is 0.675 bits per heavy atom. The topological polar surface area (TPSA) is 56.7 Å². The van der Waals surface area contributed by atoms with Crippen molar-refractivity contribution < 1.29 is 25.8 Å². The Labute approximate surface area is 244 Å². The van der Waals surface area contributed by atoms with Gasteiger partial charge in [0.25, 0.3) is 0 Å². The molecule has 0 saturated carbocycles. The maximum absolute atomic E-state index is 6.35. The molecule has 0 saturated heterocycles. The summed E-state index contributed by atoms with van der Waals surface area (Å²) < 4.78 is 10.5. The molecule has 0 fully saturated rings. The maximum Gasteiger partial charge on any atom is 2.00 e. The smallest absolute Gasteiger partial charge is 0.497 e. The average molecular weight is 701 g/mol. The molecule has 0 radical (unpaired) electrons. The van der Waals surface area contributed by atoms with Gasteiger partial charge in [0.05, 0.1) is 11.3 Å². The Bertz CT molecular complexity index is 2260. The second-order valence-electron chi connectivity index (χ2n) is 10.9. The van der Waals surface area contributed by atoms with E-state index in [2.05, 4.69) is 87.0 Å². The molecule has 0 aliphatic carbocycles. The van der Waals surface area contributed by atoms with Gasteiger partial charge in [0.2, 0.25) is 0 Å². The first kappa shape index (κ1) is 24.7. The van der Waals surface area contributed by atoms with Crippen LogP contribution in [0.3, 0.4) is 0 Å². The molecule has 0 spiro atoms. The van der Waals surface area contributed by atoms with E-state index < -0.39 is 0 Å². The van der Waals surface area contributed by atoms with Gasteiger partial charge in [-0.15, -0.1) is 12.1 Å². The van der Waals surface area contributed by atoms with Crippen LogP contribution in [0.4, 0.5) is 0 Å². The standard InChI is InChI=1S/C33H23N5O.Pt/c1-33(2,3)20-4-9-29-25(16-20)23-7-5-21(17-26(23)31-35-12-14-37(29)31)39-22-6-8-24-27(18-22)32-36-13-15-38(32)30-10-11-34-19-28(24)30;/h4-16,19H,1-3H3;/q-2;+2. The van der Waals surface area contributed by atoms with Gasteiger partial charge in [0.1, 0.15) is 0 Å². The maximum atomic E-state index is 6.35. The fourth-order valence-electron chi connectivity index (χ4n) is 5.59. The van der Waals surface area contributed by atoms with Crippen LogP contribution in [-0.4, -0.2) is 23.8 Å². The van der Waals surface area contributed by atoms with Crippen molar-refractivity contribution in [2.45, 2.75) is 26.2 Å². The quantitative estimate of drug-likeness (QED) is 0.137. The van der Waals surface area contributed by atoms with Crippen LogP contribution in [0.2, 0.25) is 0 Å². The fourth-order valence-corrected chi connectivity index (χ4v) is 5.59. The van der Waals surface area contributed by atoms with Gasteiger partial charge in [-0.3, -0.25) is 15.0 Å². The van der Waals surface area contributed by atoms with Gasteiger partial charge >= 0.3 is 21.1 Å². The molecular formula is C33H23N5OPt. The largest absolute Gasteiger partial charge is 2.00 e. The molecule has 40 heavy (non-hydrogen) atoms. The third-order valence-electron chi connectivity index (χ3n) is 7.55. The van der Waals surface area contributed by atoms with Crippen molar-refractivity contribution in [1.29, 1.82) is 0 Å². The third kappa shape index (κ3) is 3.63. The molecule has 7 heteroatoms. The van der Waals surface area contributed by atoms with E-state index in [1.54, 1.807) is 12.4 Å². The van der Waals surface area contributed by atoms with Gasteiger partial charge in [-0.25, -0.2) is 0 Å². The first-order valence-electron chi connectivity index (χ1n) is 12.9. The number of aromatic nitrogens is 5. The van der Waals surface area contributed by atoms with Gasteiger partial charge < -0.3 is 13.5 Å². The number of fused-ring (bicyclic) bond motifs is 12. The number of hydrogen-bond donors (Lipinski definition) is 0. The van der Waals surface area contributed by atoms with E-state index in [-0.39, 0.29) is 26.5 Å². The van der Waals surface area contributed by atoms with E-state index in [1.807, 2.05) is 43.0 Å². The van der Waals surface area contributed by atoms with Crippen molar-refractivity contribution in [3.05, 3.63) is 103 Å². The Balaban J connectivity index is 0.00000264. The van der Waals surface area contributed by atoms with Crippen LogP contribution in [0.1, 0.15) is 26.3 Å². The molecule has 196 valence electrons. The van der Waals surface area contributed by atoms with E-state index in [0.29, 0.717) is 11.5 Å². The molecule has 0 atom stereocenters. The van der Waals surface area contributed by atoms with Crippen LogP contribution in [0.15, 0.2) is 85.7 Å². The van der Waals surface area contributed by atoms with Crippen LogP contribution >= 0.6 is 0 Å². The molecule has 0 aliphatic rings. The Morgan fingerprint density at radius 3 is 1.90 bits per heavy atom. The van der Waals surface area contributed by atoms with Crippen LogP contribution in [0, 0.1) is 12.1 Å². The number of imidazole rings is 2. The van der Waals surface area contributed by atoms with E-state index in [4.69, 9.17) is 4.74 Å². The molecule has 0 unspecified atom stereocenters. The Morgan fingerprint density at radius 2 is 1.27 bits per heavy atom. The van der Waals surface area contributed by atoms with Gasteiger partial charge in [-0.2, -0.15) is 0 Å². The molecule has 5 aromatic heterocycles. The minimum Gasteiger partial charge on any atom is -0.497 e. The number of ether oxygens (including phenoxy) is 1. The van der Waals surface area contributed by atoms with Crippen LogP contribution in [0.5, 0.6) is 11.5 Å². The molecule has 6 nitrogen and oxygen atoms in total. The summed E-state index contributed by atoms with van der Waals surface area (Å²) in [6.45, 7) is 6.71. The second-order valence-corrected chi connectivity index (χ2v) is 10.9. The number of rotatable bonds is 2. The van der Waals surface area contributed by atoms with Crippen molar-refractivity contribution in [2.75, 3.05) is 0 Å². The molecule has 8 aromatic rings. The van der Waals surface area contributed by atoms with Crippen molar-refractivity contribution >= 4 is 54.6 Å². The molecule has 0 amide bonds. The van der Waals surface area contributed by atoms with Gasteiger partial charge in [0.15, 0.2) is 0 Å². The number of hydrogen-bond acceptors (Lipinski definition) is 4. The molecular weight excluding hydrogens is 677 g/mol. The van der Waals surface area contributed by atoms with E-state index in [9.17, 15) is 0 Å². The molecule has 0 N–H and O–H groups in total. The zero-order chi connectivity index (χ0) is 26.3. The minimum atomic E-state index is 0. The van der Waals surface area contributed by atoms with E-state index in [0.717, 1.165) is 49.3 Å². The van der Waals surface area contributed by atoms with Crippen LogP contribution in [0.25, 0.3) is 54.6 Å². The molecule has 5 heterocycles. The van der Waals surface area contributed by atoms with E-state index in [1.165, 1.54) is 10.9 Å². The summed E-state index contributed by atoms with van der Waals surface area (Å²) in [6, 6.07) is 23.7. The van der Waals surface area contributed by atoms with Gasteiger partial charge in [0, 0.05) is 59.7 Å². The van der Waals surface area contributed by atoms with Crippen molar-refractivity contribution in [3.63, 3.8) is 0 Å². The predicted molar refractivity (Wildman–Crippen MR) is 155 cm³/mol. The van der Waals surface area contributed by atoms with E-state index >= 15 is 0 Å².